The molecular weight excluding hydrogens is 364 g/mol. The Kier molecular flexibility index (Phi) is 5.43. The average molecular weight is 384 g/mol. The van der Waals surface area contributed by atoms with Crippen LogP contribution in [0.25, 0.3) is 10.8 Å². The van der Waals surface area contributed by atoms with E-state index in [1.807, 2.05) is 24.3 Å². The number of rotatable bonds is 6. The summed E-state index contributed by atoms with van der Waals surface area (Å²) in [6.07, 6.45) is 0. The fraction of sp³-hybridized carbons (Fsp3) is 0.150. The summed E-state index contributed by atoms with van der Waals surface area (Å²) in [4.78, 5) is 12.5. The molecule has 0 saturated heterocycles. The maximum Gasteiger partial charge on any atom is 0.242 e. The van der Waals surface area contributed by atoms with Crippen LogP contribution in [0.4, 0.5) is 5.69 Å². The van der Waals surface area contributed by atoms with Crippen LogP contribution in [-0.2, 0) is 14.8 Å². The molecule has 2 N–H and O–H groups in total. The third-order valence-corrected chi connectivity index (χ3v) is 5.66. The molecule has 3 rings (SSSR count). The summed E-state index contributed by atoms with van der Waals surface area (Å²) in [7, 11) is -2.35. The van der Waals surface area contributed by atoms with Crippen LogP contribution in [0.15, 0.2) is 71.6 Å². The molecule has 0 unspecified atom stereocenters. The lowest BCUT2D eigenvalue weighted by molar-refractivity contribution is -0.117. The first-order valence-electron chi connectivity index (χ1n) is 8.36. The van der Waals surface area contributed by atoms with Crippen LogP contribution in [-0.4, -0.2) is 27.5 Å². The predicted octanol–water partition coefficient (Wildman–Crippen LogP) is 3.15. The Labute approximate surface area is 158 Å². The molecular formula is C20H20N2O4S. The van der Waals surface area contributed by atoms with Crippen molar-refractivity contribution >= 4 is 32.4 Å². The zero-order chi connectivity index (χ0) is 19.4. The topological polar surface area (TPSA) is 84.5 Å². The van der Waals surface area contributed by atoms with Crippen molar-refractivity contribution in [2.24, 2.45) is 0 Å². The second-order valence-corrected chi connectivity index (χ2v) is 7.76. The number of nitrogens with one attached hydrogen (secondary N) is 2. The Balaban J connectivity index is 1.76. The third kappa shape index (κ3) is 4.27. The van der Waals surface area contributed by atoms with E-state index in [1.54, 1.807) is 36.4 Å². The first-order chi connectivity index (χ1) is 12.9. The van der Waals surface area contributed by atoms with Crippen molar-refractivity contribution in [3.8, 4) is 5.75 Å². The van der Waals surface area contributed by atoms with Gasteiger partial charge in [0.15, 0.2) is 0 Å². The number of ether oxygens (including phenoxy) is 1. The molecule has 3 aromatic rings. The maximum atomic E-state index is 12.7. The van der Waals surface area contributed by atoms with Gasteiger partial charge in [0.2, 0.25) is 15.9 Å². The number of benzene rings is 3. The van der Waals surface area contributed by atoms with Gasteiger partial charge in [0.05, 0.1) is 23.7 Å². The van der Waals surface area contributed by atoms with E-state index in [-0.39, 0.29) is 4.90 Å². The second kappa shape index (κ2) is 7.77. The molecule has 0 spiro atoms. The van der Waals surface area contributed by atoms with Gasteiger partial charge in [0.1, 0.15) is 5.75 Å². The maximum absolute atomic E-state index is 12.7. The van der Waals surface area contributed by atoms with Crippen LogP contribution >= 0.6 is 0 Å². The fourth-order valence-electron chi connectivity index (χ4n) is 2.68. The summed E-state index contributed by atoms with van der Waals surface area (Å²) in [5, 5.41) is 4.43. The number of para-hydroxylation sites is 2. The molecule has 0 radical (unpaired) electrons. The molecule has 7 heteroatoms. The Morgan fingerprint density at radius 3 is 2.37 bits per heavy atom. The molecule has 0 fully saturated rings. The third-order valence-electron chi connectivity index (χ3n) is 4.12. The molecule has 0 aliphatic rings. The molecule has 0 aromatic heterocycles. The van der Waals surface area contributed by atoms with Gasteiger partial charge < -0.3 is 10.1 Å². The number of hydrogen-bond donors (Lipinski definition) is 2. The normalized spacial score (nSPS) is 12.5. The summed E-state index contributed by atoms with van der Waals surface area (Å²) < 4.78 is 32.9. The lowest BCUT2D eigenvalue weighted by Gasteiger charge is -2.16. The number of methoxy groups -OCH3 is 1. The lowest BCUT2D eigenvalue weighted by atomic mass is 10.1. The average Bonchev–Trinajstić information content (AvgIpc) is 2.67. The number of amides is 1. The molecule has 3 aromatic carbocycles. The fourth-order valence-corrected chi connectivity index (χ4v) is 3.92. The number of carbonyl (C=O) groups excluding carboxylic acids is 1. The molecule has 1 amide bonds. The zero-order valence-electron chi connectivity index (χ0n) is 15.0. The van der Waals surface area contributed by atoms with Gasteiger partial charge in [0.25, 0.3) is 0 Å². The standard InChI is InChI=1S/C20H20N2O4S/c1-14(20(23)21-18-9-5-6-10-19(18)26-2)22-27(24,25)17-12-11-15-7-3-4-8-16(15)13-17/h3-14,22H,1-2H3,(H,21,23)/t14-/m0/s1. The minimum Gasteiger partial charge on any atom is -0.495 e. The molecule has 0 aliphatic heterocycles. The number of carbonyl (C=O) groups is 1. The summed E-state index contributed by atoms with van der Waals surface area (Å²) in [5.74, 6) is 0.0132. The van der Waals surface area contributed by atoms with E-state index in [2.05, 4.69) is 10.0 Å². The zero-order valence-corrected chi connectivity index (χ0v) is 15.8. The van der Waals surface area contributed by atoms with Gasteiger partial charge in [-0.3, -0.25) is 4.79 Å². The van der Waals surface area contributed by atoms with Crippen LogP contribution in [0.3, 0.4) is 0 Å². The number of hydrogen-bond acceptors (Lipinski definition) is 4. The van der Waals surface area contributed by atoms with E-state index in [1.165, 1.54) is 20.1 Å². The monoisotopic (exact) mass is 384 g/mol. The van der Waals surface area contributed by atoms with E-state index >= 15 is 0 Å². The first-order valence-corrected chi connectivity index (χ1v) is 9.84. The van der Waals surface area contributed by atoms with Crippen molar-refractivity contribution in [3.05, 3.63) is 66.7 Å². The minimum absolute atomic E-state index is 0.109. The van der Waals surface area contributed by atoms with E-state index < -0.39 is 22.0 Å². The highest BCUT2D eigenvalue weighted by Crippen LogP contribution is 2.23. The molecule has 140 valence electrons. The van der Waals surface area contributed by atoms with Crippen molar-refractivity contribution in [1.29, 1.82) is 0 Å². The molecule has 6 nitrogen and oxygen atoms in total. The number of sulfonamides is 1. The smallest absolute Gasteiger partial charge is 0.242 e. The predicted molar refractivity (Wildman–Crippen MR) is 105 cm³/mol. The van der Waals surface area contributed by atoms with Crippen molar-refractivity contribution in [2.75, 3.05) is 12.4 Å². The van der Waals surface area contributed by atoms with Crippen LogP contribution in [0, 0.1) is 0 Å². The van der Waals surface area contributed by atoms with Crippen LogP contribution in [0.1, 0.15) is 6.92 Å². The van der Waals surface area contributed by atoms with Gasteiger partial charge in [-0.05, 0) is 42.0 Å². The summed E-state index contributed by atoms with van der Waals surface area (Å²) >= 11 is 0. The van der Waals surface area contributed by atoms with Crippen molar-refractivity contribution in [1.82, 2.24) is 4.72 Å². The van der Waals surface area contributed by atoms with Crippen molar-refractivity contribution in [3.63, 3.8) is 0 Å². The highest BCUT2D eigenvalue weighted by atomic mass is 32.2. The van der Waals surface area contributed by atoms with Gasteiger partial charge in [-0.25, -0.2) is 8.42 Å². The summed E-state index contributed by atoms with van der Waals surface area (Å²) in [6.45, 7) is 1.49. The SMILES string of the molecule is COc1ccccc1NC(=O)[C@H](C)NS(=O)(=O)c1ccc2ccccc2c1. The van der Waals surface area contributed by atoms with Gasteiger partial charge >= 0.3 is 0 Å². The Morgan fingerprint density at radius 2 is 1.63 bits per heavy atom. The van der Waals surface area contributed by atoms with E-state index in [0.717, 1.165) is 10.8 Å². The van der Waals surface area contributed by atoms with Crippen molar-refractivity contribution in [2.45, 2.75) is 17.9 Å². The Bertz CT molecular complexity index is 1080. The quantitative estimate of drug-likeness (QED) is 0.684. The Hall–Kier alpha value is -2.90. The molecule has 0 aliphatic carbocycles. The van der Waals surface area contributed by atoms with E-state index in [0.29, 0.717) is 11.4 Å². The van der Waals surface area contributed by atoms with Gasteiger partial charge in [-0.2, -0.15) is 4.72 Å². The molecule has 27 heavy (non-hydrogen) atoms. The largest absolute Gasteiger partial charge is 0.495 e. The summed E-state index contributed by atoms with van der Waals surface area (Å²) in [5.41, 5.74) is 0.474. The minimum atomic E-state index is -3.85. The van der Waals surface area contributed by atoms with Crippen LogP contribution < -0.4 is 14.8 Å². The van der Waals surface area contributed by atoms with E-state index in [9.17, 15) is 13.2 Å². The number of fused-ring (bicyclic) bond motifs is 1. The number of anilines is 1. The first kappa shape index (κ1) is 18.9. The molecule has 0 saturated carbocycles. The van der Waals surface area contributed by atoms with Crippen LogP contribution in [0.5, 0.6) is 5.75 Å². The molecule has 0 bridgehead atoms. The van der Waals surface area contributed by atoms with Crippen molar-refractivity contribution < 1.29 is 17.9 Å². The van der Waals surface area contributed by atoms with Gasteiger partial charge in [-0.1, -0.05) is 42.5 Å². The lowest BCUT2D eigenvalue weighted by Crippen LogP contribution is -2.41. The summed E-state index contributed by atoms with van der Waals surface area (Å²) in [6, 6.07) is 18.3. The molecule has 0 heterocycles. The Morgan fingerprint density at radius 1 is 0.963 bits per heavy atom. The van der Waals surface area contributed by atoms with Gasteiger partial charge in [0, 0.05) is 0 Å². The second-order valence-electron chi connectivity index (χ2n) is 6.04. The molecule has 1 atom stereocenters. The van der Waals surface area contributed by atoms with Crippen LogP contribution in [0.2, 0.25) is 0 Å². The van der Waals surface area contributed by atoms with E-state index in [4.69, 9.17) is 4.74 Å². The highest BCUT2D eigenvalue weighted by molar-refractivity contribution is 7.89. The highest BCUT2D eigenvalue weighted by Gasteiger charge is 2.23. The van der Waals surface area contributed by atoms with Gasteiger partial charge in [-0.15, -0.1) is 0 Å².